The molecular formula is C15H14ClFN2O. The van der Waals surface area contributed by atoms with E-state index >= 15 is 0 Å². The van der Waals surface area contributed by atoms with Gasteiger partial charge in [-0.1, -0.05) is 23.7 Å². The van der Waals surface area contributed by atoms with E-state index in [9.17, 15) is 9.18 Å². The highest BCUT2D eigenvalue weighted by molar-refractivity contribution is 6.30. The second kappa shape index (κ2) is 5.92. The Morgan fingerprint density at radius 1 is 1.30 bits per heavy atom. The van der Waals surface area contributed by atoms with Gasteiger partial charge in [0.05, 0.1) is 0 Å². The summed E-state index contributed by atoms with van der Waals surface area (Å²) in [7, 11) is 0. The lowest BCUT2D eigenvalue weighted by molar-refractivity contribution is 0.0950. The smallest absolute Gasteiger partial charge is 0.251 e. The molecule has 0 spiro atoms. The minimum atomic E-state index is -0.485. The first-order chi connectivity index (χ1) is 9.47. The summed E-state index contributed by atoms with van der Waals surface area (Å²) in [4.78, 5) is 11.9. The van der Waals surface area contributed by atoms with Crippen molar-refractivity contribution in [3.05, 3.63) is 63.9 Å². The Kier molecular flexibility index (Phi) is 4.25. The van der Waals surface area contributed by atoms with Gasteiger partial charge >= 0.3 is 0 Å². The molecule has 0 aromatic heterocycles. The van der Waals surface area contributed by atoms with Crippen LogP contribution in [0.2, 0.25) is 5.02 Å². The third-order valence-corrected chi connectivity index (χ3v) is 3.26. The van der Waals surface area contributed by atoms with Crippen LogP contribution >= 0.6 is 11.6 Å². The molecule has 2 aromatic carbocycles. The first-order valence-corrected chi connectivity index (χ1v) is 6.43. The van der Waals surface area contributed by atoms with E-state index in [-0.39, 0.29) is 17.2 Å². The van der Waals surface area contributed by atoms with Crippen LogP contribution in [0.3, 0.4) is 0 Å². The van der Waals surface area contributed by atoms with Crippen molar-refractivity contribution in [3.8, 4) is 0 Å². The standard InChI is InChI=1S/C15H14ClFN2O/c1-9-13(17)6-11(7-14(9)18)15(20)19-8-10-2-4-12(16)5-3-10/h2-7H,8,18H2,1H3,(H,19,20). The number of benzene rings is 2. The zero-order chi connectivity index (χ0) is 14.7. The van der Waals surface area contributed by atoms with Gasteiger partial charge in [0.25, 0.3) is 5.91 Å². The van der Waals surface area contributed by atoms with Gasteiger partial charge in [-0.05, 0) is 36.8 Å². The third-order valence-electron chi connectivity index (χ3n) is 3.01. The van der Waals surface area contributed by atoms with E-state index in [4.69, 9.17) is 17.3 Å². The van der Waals surface area contributed by atoms with E-state index in [1.54, 1.807) is 19.1 Å². The quantitative estimate of drug-likeness (QED) is 0.853. The largest absolute Gasteiger partial charge is 0.398 e. The molecule has 0 unspecified atom stereocenters. The highest BCUT2D eigenvalue weighted by atomic mass is 35.5. The lowest BCUT2D eigenvalue weighted by atomic mass is 10.1. The molecule has 0 heterocycles. The number of nitrogen functional groups attached to an aromatic ring is 1. The molecule has 104 valence electrons. The average Bonchev–Trinajstić information content (AvgIpc) is 2.43. The topological polar surface area (TPSA) is 55.1 Å². The molecule has 0 fully saturated rings. The van der Waals surface area contributed by atoms with E-state index in [1.807, 2.05) is 12.1 Å². The fraction of sp³-hybridized carbons (Fsp3) is 0.133. The van der Waals surface area contributed by atoms with Crippen molar-refractivity contribution in [2.24, 2.45) is 0 Å². The average molecular weight is 293 g/mol. The maximum Gasteiger partial charge on any atom is 0.251 e. The molecule has 2 rings (SSSR count). The molecule has 0 saturated heterocycles. The maximum atomic E-state index is 13.5. The van der Waals surface area contributed by atoms with Crippen LogP contribution in [-0.2, 0) is 6.54 Å². The van der Waals surface area contributed by atoms with Crippen LogP contribution in [0.25, 0.3) is 0 Å². The van der Waals surface area contributed by atoms with Crippen LogP contribution in [0.15, 0.2) is 36.4 Å². The zero-order valence-corrected chi connectivity index (χ0v) is 11.7. The number of rotatable bonds is 3. The second-order valence-corrected chi connectivity index (χ2v) is 4.92. The van der Waals surface area contributed by atoms with Gasteiger partial charge in [0.1, 0.15) is 5.82 Å². The molecule has 2 aromatic rings. The maximum absolute atomic E-state index is 13.5. The van der Waals surface area contributed by atoms with Crippen molar-refractivity contribution in [1.29, 1.82) is 0 Å². The minimum Gasteiger partial charge on any atom is -0.398 e. The highest BCUT2D eigenvalue weighted by Gasteiger charge is 2.10. The van der Waals surface area contributed by atoms with Gasteiger partial charge in [-0.15, -0.1) is 0 Å². The summed E-state index contributed by atoms with van der Waals surface area (Å²) in [6, 6.07) is 9.76. The van der Waals surface area contributed by atoms with Crippen molar-refractivity contribution < 1.29 is 9.18 Å². The number of anilines is 1. The number of hydrogen-bond acceptors (Lipinski definition) is 2. The van der Waals surface area contributed by atoms with Crippen molar-refractivity contribution in [3.63, 3.8) is 0 Å². The molecule has 0 radical (unpaired) electrons. The summed E-state index contributed by atoms with van der Waals surface area (Å²) in [5.74, 6) is -0.854. The molecule has 0 bridgehead atoms. The van der Waals surface area contributed by atoms with Gasteiger partial charge in [-0.3, -0.25) is 4.79 Å². The highest BCUT2D eigenvalue weighted by Crippen LogP contribution is 2.17. The fourth-order valence-electron chi connectivity index (χ4n) is 1.72. The van der Waals surface area contributed by atoms with Crippen LogP contribution in [0.4, 0.5) is 10.1 Å². The van der Waals surface area contributed by atoms with E-state index in [1.165, 1.54) is 12.1 Å². The normalized spacial score (nSPS) is 10.3. The van der Waals surface area contributed by atoms with Crippen molar-refractivity contribution in [1.82, 2.24) is 5.32 Å². The van der Waals surface area contributed by atoms with Crippen LogP contribution in [0, 0.1) is 12.7 Å². The summed E-state index contributed by atoms with van der Waals surface area (Å²) in [5.41, 5.74) is 7.37. The van der Waals surface area contributed by atoms with Gasteiger partial charge in [0, 0.05) is 28.4 Å². The predicted octanol–water partition coefficient (Wildman–Crippen LogP) is 3.30. The van der Waals surface area contributed by atoms with Crippen molar-refractivity contribution in [2.45, 2.75) is 13.5 Å². The molecule has 0 atom stereocenters. The van der Waals surface area contributed by atoms with Gasteiger partial charge in [-0.25, -0.2) is 4.39 Å². The number of halogens is 2. The Balaban J connectivity index is 2.07. The first kappa shape index (κ1) is 14.3. The van der Waals surface area contributed by atoms with Crippen LogP contribution in [-0.4, -0.2) is 5.91 Å². The molecule has 0 saturated carbocycles. The second-order valence-electron chi connectivity index (χ2n) is 4.48. The van der Waals surface area contributed by atoms with Crippen LogP contribution < -0.4 is 11.1 Å². The molecule has 20 heavy (non-hydrogen) atoms. The number of nitrogens with two attached hydrogens (primary N) is 1. The van der Waals surface area contributed by atoms with Gasteiger partial charge in [-0.2, -0.15) is 0 Å². The minimum absolute atomic E-state index is 0.208. The number of carbonyl (C=O) groups is 1. The van der Waals surface area contributed by atoms with Crippen molar-refractivity contribution >= 4 is 23.2 Å². The molecular weight excluding hydrogens is 279 g/mol. The molecule has 3 nitrogen and oxygen atoms in total. The lowest BCUT2D eigenvalue weighted by Gasteiger charge is -2.08. The van der Waals surface area contributed by atoms with Crippen LogP contribution in [0.1, 0.15) is 21.5 Å². The zero-order valence-electron chi connectivity index (χ0n) is 10.9. The molecule has 0 aliphatic heterocycles. The first-order valence-electron chi connectivity index (χ1n) is 6.05. The molecule has 5 heteroatoms. The summed E-state index contributed by atoms with van der Waals surface area (Å²) >= 11 is 5.78. The van der Waals surface area contributed by atoms with Gasteiger partial charge < -0.3 is 11.1 Å². The summed E-state index contributed by atoms with van der Waals surface area (Å²) < 4.78 is 13.5. The Hall–Kier alpha value is -2.07. The number of nitrogens with one attached hydrogen (secondary N) is 1. The summed E-state index contributed by atoms with van der Waals surface area (Å²) in [5, 5.41) is 3.34. The van der Waals surface area contributed by atoms with Gasteiger partial charge in [0.2, 0.25) is 0 Å². The number of hydrogen-bond donors (Lipinski definition) is 2. The van der Waals surface area contributed by atoms with Crippen molar-refractivity contribution in [2.75, 3.05) is 5.73 Å². The summed E-state index contributed by atoms with van der Waals surface area (Å²) in [6.07, 6.45) is 0. The van der Waals surface area contributed by atoms with E-state index < -0.39 is 5.82 Å². The van der Waals surface area contributed by atoms with E-state index in [2.05, 4.69) is 5.32 Å². The van der Waals surface area contributed by atoms with Crippen LogP contribution in [0.5, 0.6) is 0 Å². The Labute approximate surface area is 121 Å². The SMILES string of the molecule is Cc1c(N)cc(C(=O)NCc2ccc(Cl)cc2)cc1F. The number of carbonyl (C=O) groups excluding carboxylic acids is 1. The van der Waals surface area contributed by atoms with Gasteiger partial charge in [0.15, 0.2) is 0 Å². The van der Waals surface area contributed by atoms with E-state index in [0.717, 1.165) is 5.56 Å². The Morgan fingerprint density at radius 3 is 2.55 bits per heavy atom. The molecule has 1 amide bonds. The molecule has 3 N–H and O–H groups in total. The number of amides is 1. The summed E-state index contributed by atoms with van der Waals surface area (Å²) in [6.45, 7) is 1.91. The molecule has 0 aliphatic carbocycles. The molecule has 0 aliphatic rings. The monoisotopic (exact) mass is 292 g/mol. The predicted molar refractivity (Wildman–Crippen MR) is 78.2 cm³/mol. The Bertz CT molecular complexity index is 618. The lowest BCUT2D eigenvalue weighted by Crippen LogP contribution is -2.23. The third kappa shape index (κ3) is 3.27. The fourth-order valence-corrected chi connectivity index (χ4v) is 1.84. The Morgan fingerprint density at radius 2 is 1.95 bits per heavy atom. The van der Waals surface area contributed by atoms with E-state index in [0.29, 0.717) is 17.1 Å².